The average Bonchev–Trinajstić information content (AvgIpc) is 3.25. The highest BCUT2D eigenvalue weighted by Gasteiger charge is 2.32. The Morgan fingerprint density at radius 2 is 2.00 bits per heavy atom. The molecule has 0 aliphatic carbocycles. The van der Waals surface area contributed by atoms with Crippen molar-refractivity contribution in [1.82, 2.24) is 10.3 Å². The van der Waals surface area contributed by atoms with E-state index in [-0.39, 0.29) is 5.56 Å². The van der Waals surface area contributed by atoms with Gasteiger partial charge in [0.15, 0.2) is 0 Å². The van der Waals surface area contributed by atoms with E-state index in [0.29, 0.717) is 13.0 Å². The molecule has 0 fully saturated rings. The van der Waals surface area contributed by atoms with Gasteiger partial charge in [-0.3, -0.25) is 9.78 Å². The summed E-state index contributed by atoms with van der Waals surface area (Å²) < 4.78 is 37.4. The first kappa shape index (κ1) is 17.6. The fourth-order valence-electron chi connectivity index (χ4n) is 2.17. The lowest BCUT2D eigenvalue weighted by Crippen LogP contribution is -2.25. The maximum Gasteiger partial charge on any atom is 0.433 e. The number of hydrogen-bond acceptors (Lipinski definition) is 4. The number of nitrogens with zero attached hydrogens (tertiary/aromatic N) is 1. The number of amides is 1. The van der Waals surface area contributed by atoms with Crippen molar-refractivity contribution < 1.29 is 18.0 Å². The van der Waals surface area contributed by atoms with Gasteiger partial charge < -0.3 is 5.32 Å². The van der Waals surface area contributed by atoms with E-state index < -0.39 is 17.8 Å². The third-order valence-corrected chi connectivity index (χ3v) is 5.32. The normalized spacial score (nSPS) is 11.5. The Kier molecular flexibility index (Phi) is 5.19. The molecular formula is C17H13F3N2OS2. The van der Waals surface area contributed by atoms with Crippen LogP contribution in [0, 0.1) is 0 Å². The summed E-state index contributed by atoms with van der Waals surface area (Å²) in [4.78, 5) is 17.6. The molecule has 0 saturated heterocycles. The Morgan fingerprint density at radius 1 is 1.16 bits per heavy atom. The number of nitrogens with one attached hydrogen (secondary N) is 1. The van der Waals surface area contributed by atoms with E-state index in [1.807, 2.05) is 17.5 Å². The second-order valence-electron chi connectivity index (χ2n) is 5.21. The molecule has 0 spiro atoms. The minimum atomic E-state index is -4.51. The van der Waals surface area contributed by atoms with Crippen molar-refractivity contribution in [3.05, 3.63) is 63.4 Å². The van der Waals surface area contributed by atoms with E-state index >= 15 is 0 Å². The first-order chi connectivity index (χ1) is 11.9. The molecule has 3 heterocycles. The predicted octanol–water partition coefficient (Wildman–Crippen LogP) is 4.86. The highest BCUT2D eigenvalue weighted by molar-refractivity contribution is 7.16. The summed E-state index contributed by atoms with van der Waals surface area (Å²) in [7, 11) is 0. The lowest BCUT2D eigenvalue weighted by atomic mass is 10.2. The molecule has 1 N–H and O–H groups in total. The van der Waals surface area contributed by atoms with E-state index in [1.165, 1.54) is 10.4 Å². The standard InChI is InChI=1S/C17H13F3N2OS2/c18-17(19,20)15-4-1-11(9-22-15)16(23)21-7-5-13-2-3-14(25-13)12-6-8-24-10-12/h1-4,6,8-10H,5,7H2,(H,21,23). The van der Waals surface area contributed by atoms with Crippen LogP contribution in [0.4, 0.5) is 13.2 Å². The van der Waals surface area contributed by atoms with E-state index in [2.05, 4.69) is 21.7 Å². The number of halogens is 3. The van der Waals surface area contributed by atoms with Crippen molar-refractivity contribution in [1.29, 1.82) is 0 Å². The summed E-state index contributed by atoms with van der Waals surface area (Å²) in [6.07, 6.45) is -2.90. The van der Waals surface area contributed by atoms with Crippen LogP contribution in [0.2, 0.25) is 0 Å². The summed E-state index contributed by atoms with van der Waals surface area (Å²) in [5.41, 5.74) is 0.280. The number of rotatable bonds is 5. The van der Waals surface area contributed by atoms with Crippen LogP contribution in [0.1, 0.15) is 20.9 Å². The summed E-state index contributed by atoms with van der Waals surface area (Å²) >= 11 is 3.30. The second-order valence-corrected chi connectivity index (χ2v) is 7.16. The molecule has 3 aromatic rings. The van der Waals surface area contributed by atoms with Crippen molar-refractivity contribution >= 4 is 28.6 Å². The third-order valence-electron chi connectivity index (χ3n) is 3.44. The van der Waals surface area contributed by atoms with E-state index in [9.17, 15) is 18.0 Å². The van der Waals surface area contributed by atoms with Crippen molar-refractivity contribution in [2.24, 2.45) is 0 Å². The first-order valence-electron chi connectivity index (χ1n) is 7.36. The van der Waals surface area contributed by atoms with E-state index in [1.54, 1.807) is 22.7 Å². The van der Waals surface area contributed by atoms with Gasteiger partial charge in [0.05, 0.1) is 5.56 Å². The molecule has 1 amide bonds. The van der Waals surface area contributed by atoms with Gasteiger partial charge in [0.1, 0.15) is 5.69 Å². The Hall–Kier alpha value is -2.19. The van der Waals surface area contributed by atoms with Gasteiger partial charge in [-0.25, -0.2) is 0 Å². The maximum atomic E-state index is 12.5. The zero-order valence-electron chi connectivity index (χ0n) is 12.8. The third kappa shape index (κ3) is 4.46. The second kappa shape index (κ2) is 7.37. The minimum Gasteiger partial charge on any atom is -0.352 e. The topological polar surface area (TPSA) is 42.0 Å². The largest absolute Gasteiger partial charge is 0.433 e. The molecule has 3 rings (SSSR count). The highest BCUT2D eigenvalue weighted by Crippen LogP contribution is 2.30. The Balaban J connectivity index is 1.53. The Labute approximate surface area is 150 Å². The number of carbonyl (C=O) groups is 1. The number of hydrogen-bond donors (Lipinski definition) is 1. The van der Waals surface area contributed by atoms with Crippen LogP contribution in [-0.4, -0.2) is 17.4 Å². The van der Waals surface area contributed by atoms with Crippen LogP contribution in [0.25, 0.3) is 10.4 Å². The number of carbonyl (C=O) groups excluding carboxylic acids is 1. The van der Waals surface area contributed by atoms with Gasteiger partial charge in [0.2, 0.25) is 0 Å². The number of aromatic nitrogens is 1. The summed E-state index contributed by atoms with van der Waals surface area (Å²) in [6.45, 7) is 0.406. The molecule has 25 heavy (non-hydrogen) atoms. The monoisotopic (exact) mass is 382 g/mol. The molecule has 3 aromatic heterocycles. The van der Waals surface area contributed by atoms with Crippen molar-refractivity contribution in [3.63, 3.8) is 0 Å². The maximum absolute atomic E-state index is 12.5. The van der Waals surface area contributed by atoms with Gasteiger partial charge in [-0.2, -0.15) is 24.5 Å². The van der Waals surface area contributed by atoms with Crippen LogP contribution in [0.3, 0.4) is 0 Å². The zero-order chi connectivity index (χ0) is 17.9. The van der Waals surface area contributed by atoms with Gasteiger partial charge >= 0.3 is 6.18 Å². The van der Waals surface area contributed by atoms with Crippen molar-refractivity contribution in [3.8, 4) is 10.4 Å². The first-order valence-corrected chi connectivity index (χ1v) is 9.12. The van der Waals surface area contributed by atoms with Crippen LogP contribution >= 0.6 is 22.7 Å². The van der Waals surface area contributed by atoms with Gasteiger partial charge in [0, 0.05) is 28.1 Å². The van der Waals surface area contributed by atoms with E-state index in [0.717, 1.165) is 23.2 Å². The SMILES string of the molecule is O=C(NCCc1ccc(-c2ccsc2)s1)c1ccc(C(F)(F)F)nc1. The lowest BCUT2D eigenvalue weighted by molar-refractivity contribution is -0.141. The summed E-state index contributed by atoms with van der Waals surface area (Å²) in [5.74, 6) is -0.434. The van der Waals surface area contributed by atoms with Gasteiger partial charge in [0.25, 0.3) is 5.91 Å². The Bertz CT molecular complexity index is 840. The van der Waals surface area contributed by atoms with Crippen LogP contribution in [0.15, 0.2) is 47.3 Å². The molecule has 0 aromatic carbocycles. The number of thiophene rings is 2. The highest BCUT2D eigenvalue weighted by atomic mass is 32.1. The summed E-state index contributed by atoms with van der Waals surface area (Å²) in [5, 5.41) is 6.80. The molecular weight excluding hydrogens is 369 g/mol. The quantitative estimate of drug-likeness (QED) is 0.685. The Morgan fingerprint density at radius 3 is 2.64 bits per heavy atom. The van der Waals surface area contributed by atoms with Gasteiger partial charge in [-0.1, -0.05) is 0 Å². The molecule has 0 unspecified atom stereocenters. The predicted molar refractivity (Wildman–Crippen MR) is 92.9 cm³/mol. The lowest BCUT2D eigenvalue weighted by Gasteiger charge is -2.07. The smallest absolute Gasteiger partial charge is 0.352 e. The molecule has 0 aliphatic heterocycles. The molecule has 0 saturated carbocycles. The number of alkyl halides is 3. The van der Waals surface area contributed by atoms with Gasteiger partial charge in [-0.05, 0) is 47.5 Å². The molecule has 0 atom stereocenters. The van der Waals surface area contributed by atoms with Crippen molar-refractivity contribution in [2.75, 3.05) is 6.54 Å². The molecule has 3 nitrogen and oxygen atoms in total. The molecule has 0 radical (unpaired) electrons. The molecule has 0 aliphatic rings. The molecule has 130 valence electrons. The number of pyridine rings is 1. The fourth-order valence-corrected chi connectivity index (χ4v) is 3.90. The van der Waals surface area contributed by atoms with Crippen LogP contribution in [-0.2, 0) is 12.6 Å². The van der Waals surface area contributed by atoms with Crippen LogP contribution in [0.5, 0.6) is 0 Å². The molecule has 0 bridgehead atoms. The fraction of sp³-hybridized carbons (Fsp3) is 0.176. The van der Waals surface area contributed by atoms with E-state index in [4.69, 9.17) is 0 Å². The van der Waals surface area contributed by atoms with Crippen LogP contribution < -0.4 is 5.32 Å². The average molecular weight is 382 g/mol. The summed E-state index contributed by atoms with van der Waals surface area (Å²) in [6, 6.07) is 8.05. The minimum absolute atomic E-state index is 0.109. The zero-order valence-corrected chi connectivity index (χ0v) is 14.5. The van der Waals surface area contributed by atoms with Gasteiger partial charge in [-0.15, -0.1) is 11.3 Å². The van der Waals surface area contributed by atoms with Crippen molar-refractivity contribution in [2.45, 2.75) is 12.6 Å². The molecule has 8 heteroatoms.